The predicted octanol–water partition coefficient (Wildman–Crippen LogP) is 0.431. The topological polar surface area (TPSA) is 75.1 Å². The monoisotopic (exact) mass is 196 g/mol. The molecule has 0 aromatic carbocycles. The van der Waals surface area contributed by atoms with Crippen LogP contribution < -0.4 is 5.69 Å². The van der Waals surface area contributed by atoms with Gasteiger partial charge in [-0.05, 0) is 12.8 Å². The van der Waals surface area contributed by atoms with Gasteiger partial charge in [0.15, 0.2) is 0 Å². The maximum absolute atomic E-state index is 11.2. The lowest BCUT2D eigenvalue weighted by Gasteiger charge is -2.37. The van der Waals surface area contributed by atoms with E-state index in [0.29, 0.717) is 12.8 Å². The van der Waals surface area contributed by atoms with Crippen molar-refractivity contribution >= 4 is 5.97 Å². The average molecular weight is 196 g/mol. The number of imidazole rings is 1. The minimum Gasteiger partial charge on any atom is -0.481 e. The second kappa shape index (κ2) is 3.01. The molecule has 2 N–H and O–H groups in total. The standard InChI is InChI=1S/C9H12N2O3/c12-7(13)9(2-1-3-9)6-11-5-4-10-8(11)14/h4-5H,1-3,6H2,(H,10,14)(H,12,13). The molecular formula is C9H12N2O3. The molecule has 0 radical (unpaired) electrons. The molecule has 76 valence electrons. The van der Waals surface area contributed by atoms with E-state index in [1.54, 1.807) is 6.20 Å². The Morgan fingerprint density at radius 1 is 1.64 bits per heavy atom. The van der Waals surface area contributed by atoms with E-state index in [0.717, 1.165) is 6.42 Å². The highest BCUT2D eigenvalue weighted by Crippen LogP contribution is 2.42. The van der Waals surface area contributed by atoms with Gasteiger partial charge in [0.1, 0.15) is 0 Å². The Morgan fingerprint density at radius 3 is 2.71 bits per heavy atom. The van der Waals surface area contributed by atoms with Crippen molar-refractivity contribution < 1.29 is 9.90 Å². The summed E-state index contributed by atoms with van der Waals surface area (Å²) in [7, 11) is 0. The van der Waals surface area contributed by atoms with Crippen molar-refractivity contribution in [1.29, 1.82) is 0 Å². The summed E-state index contributed by atoms with van der Waals surface area (Å²) in [6.45, 7) is 0.282. The number of hydrogen-bond donors (Lipinski definition) is 2. The van der Waals surface area contributed by atoms with Gasteiger partial charge in [0.2, 0.25) is 0 Å². The number of H-pyrrole nitrogens is 1. The molecule has 1 aliphatic carbocycles. The smallest absolute Gasteiger partial charge is 0.325 e. The van der Waals surface area contributed by atoms with Crippen molar-refractivity contribution in [1.82, 2.24) is 9.55 Å². The van der Waals surface area contributed by atoms with E-state index in [2.05, 4.69) is 4.98 Å². The first-order valence-corrected chi connectivity index (χ1v) is 4.61. The van der Waals surface area contributed by atoms with Gasteiger partial charge in [-0.15, -0.1) is 0 Å². The second-order valence-corrected chi connectivity index (χ2v) is 3.83. The number of nitrogens with one attached hydrogen (secondary N) is 1. The summed E-state index contributed by atoms with van der Waals surface area (Å²) in [6, 6.07) is 0. The third kappa shape index (κ3) is 1.25. The van der Waals surface area contributed by atoms with Crippen molar-refractivity contribution in [2.24, 2.45) is 5.41 Å². The van der Waals surface area contributed by atoms with E-state index in [-0.39, 0.29) is 12.2 Å². The fraction of sp³-hybridized carbons (Fsp3) is 0.556. The third-order valence-electron chi connectivity index (χ3n) is 2.96. The van der Waals surface area contributed by atoms with Crippen LogP contribution in [0, 0.1) is 5.41 Å². The van der Waals surface area contributed by atoms with Crippen LogP contribution in [0.25, 0.3) is 0 Å². The Labute approximate surface area is 80.4 Å². The number of carboxylic acids is 1. The first-order valence-electron chi connectivity index (χ1n) is 4.61. The molecule has 0 unspecified atom stereocenters. The van der Waals surface area contributed by atoms with E-state index in [1.165, 1.54) is 10.8 Å². The van der Waals surface area contributed by atoms with Gasteiger partial charge in [0, 0.05) is 18.9 Å². The van der Waals surface area contributed by atoms with Crippen LogP contribution in [0.4, 0.5) is 0 Å². The minimum absolute atomic E-state index is 0.238. The molecule has 0 saturated heterocycles. The van der Waals surface area contributed by atoms with Gasteiger partial charge >= 0.3 is 11.7 Å². The van der Waals surface area contributed by atoms with E-state index < -0.39 is 11.4 Å². The summed E-state index contributed by atoms with van der Waals surface area (Å²) >= 11 is 0. The number of nitrogens with zero attached hydrogens (tertiary/aromatic N) is 1. The lowest BCUT2D eigenvalue weighted by atomic mass is 9.69. The van der Waals surface area contributed by atoms with Crippen molar-refractivity contribution in [2.45, 2.75) is 25.8 Å². The fourth-order valence-corrected chi connectivity index (χ4v) is 1.84. The molecule has 2 rings (SSSR count). The lowest BCUT2D eigenvalue weighted by Crippen LogP contribution is -2.43. The highest BCUT2D eigenvalue weighted by atomic mass is 16.4. The molecule has 1 fully saturated rings. The molecule has 0 spiro atoms. The molecule has 1 heterocycles. The first-order chi connectivity index (χ1) is 6.64. The van der Waals surface area contributed by atoms with Crippen molar-refractivity contribution in [3.63, 3.8) is 0 Å². The number of aromatic nitrogens is 2. The summed E-state index contributed by atoms with van der Waals surface area (Å²) in [6.07, 6.45) is 5.38. The quantitative estimate of drug-likeness (QED) is 0.736. The largest absolute Gasteiger partial charge is 0.481 e. The maximum Gasteiger partial charge on any atom is 0.325 e. The molecule has 1 saturated carbocycles. The molecule has 1 aliphatic rings. The number of hydrogen-bond acceptors (Lipinski definition) is 2. The lowest BCUT2D eigenvalue weighted by molar-refractivity contribution is -0.155. The summed E-state index contributed by atoms with van der Waals surface area (Å²) in [4.78, 5) is 24.7. The van der Waals surface area contributed by atoms with E-state index in [9.17, 15) is 9.59 Å². The Bertz CT molecular complexity index is 400. The SMILES string of the molecule is O=C(O)C1(Cn2cc[nH]c2=O)CCC1. The number of aliphatic carboxylic acids is 1. The van der Waals surface area contributed by atoms with Gasteiger partial charge in [-0.1, -0.05) is 6.42 Å². The second-order valence-electron chi connectivity index (χ2n) is 3.83. The minimum atomic E-state index is -0.795. The van der Waals surface area contributed by atoms with E-state index in [4.69, 9.17) is 5.11 Å². The van der Waals surface area contributed by atoms with Gasteiger partial charge in [-0.2, -0.15) is 0 Å². The third-order valence-corrected chi connectivity index (χ3v) is 2.96. The maximum atomic E-state index is 11.2. The summed E-state index contributed by atoms with van der Waals surface area (Å²) in [5, 5.41) is 9.05. The van der Waals surface area contributed by atoms with Crippen LogP contribution in [0.1, 0.15) is 19.3 Å². The van der Waals surface area contributed by atoms with Gasteiger partial charge in [0.05, 0.1) is 5.41 Å². The van der Waals surface area contributed by atoms with Crippen LogP contribution in [0.5, 0.6) is 0 Å². The average Bonchev–Trinajstić information content (AvgIpc) is 2.43. The van der Waals surface area contributed by atoms with Crippen molar-refractivity contribution in [3.8, 4) is 0 Å². The van der Waals surface area contributed by atoms with Crippen LogP contribution >= 0.6 is 0 Å². The van der Waals surface area contributed by atoms with Gasteiger partial charge in [-0.25, -0.2) is 4.79 Å². The summed E-state index contributed by atoms with van der Waals surface area (Å²) in [5.74, 6) is -0.795. The highest BCUT2D eigenvalue weighted by Gasteiger charge is 2.44. The normalized spacial score (nSPS) is 18.9. The highest BCUT2D eigenvalue weighted by molar-refractivity contribution is 5.75. The van der Waals surface area contributed by atoms with Gasteiger partial charge in [-0.3, -0.25) is 9.36 Å². The molecule has 0 amide bonds. The molecule has 1 aromatic rings. The first kappa shape index (κ1) is 9.05. The van der Waals surface area contributed by atoms with Crippen LogP contribution in [-0.4, -0.2) is 20.6 Å². The van der Waals surface area contributed by atoms with Crippen LogP contribution in [0.2, 0.25) is 0 Å². The van der Waals surface area contributed by atoms with Crippen molar-refractivity contribution in [2.75, 3.05) is 0 Å². The van der Waals surface area contributed by atoms with Gasteiger partial charge < -0.3 is 10.1 Å². The van der Waals surface area contributed by atoms with Crippen LogP contribution in [0.3, 0.4) is 0 Å². The number of aromatic amines is 1. The van der Waals surface area contributed by atoms with Crippen molar-refractivity contribution in [3.05, 3.63) is 22.9 Å². The zero-order valence-electron chi connectivity index (χ0n) is 7.69. The Morgan fingerprint density at radius 2 is 2.36 bits per heavy atom. The summed E-state index contributed by atoms with van der Waals surface area (Å²) < 4.78 is 1.42. The molecule has 5 heteroatoms. The van der Waals surface area contributed by atoms with E-state index in [1.807, 2.05) is 0 Å². The molecule has 0 aliphatic heterocycles. The zero-order valence-corrected chi connectivity index (χ0v) is 7.69. The van der Waals surface area contributed by atoms with Crippen LogP contribution in [0.15, 0.2) is 17.2 Å². The molecule has 0 atom stereocenters. The molecular weight excluding hydrogens is 184 g/mol. The van der Waals surface area contributed by atoms with E-state index >= 15 is 0 Å². The Balaban J connectivity index is 2.21. The molecule has 1 aromatic heterocycles. The fourth-order valence-electron chi connectivity index (χ4n) is 1.84. The number of rotatable bonds is 3. The Hall–Kier alpha value is -1.52. The molecule has 14 heavy (non-hydrogen) atoms. The molecule has 0 bridgehead atoms. The number of carboxylic acid groups (broad SMARTS) is 1. The summed E-state index contributed by atoms with van der Waals surface area (Å²) in [5.41, 5.74) is -0.941. The number of carbonyl (C=O) groups is 1. The molecule has 5 nitrogen and oxygen atoms in total. The van der Waals surface area contributed by atoms with Crippen LogP contribution in [-0.2, 0) is 11.3 Å². The van der Waals surface area contributed by atoms with Gasteiger partial charge in [0.25, 0.3) is 0 Å². The predicted molar refractivity (Wildman–Crippen MR) is 49.0 cm³/mol. The Kier molecular flexibility index (Phi) is 1.94. The zero-order chi connectivity index (χ0) is 10.2.